The predicted molar refractivity (Wildman–Crippen MR) is 56.2 cm³/mol. The highest BCUT2D eigenvalue weighted by Crippen LogP contribution is 2.37. The zero-order valence-corrected chi connectivity index (χ0v) is 10.5. The molecule has 102 valence electrons. The van der Waals surface area contributed by atoms with Crippen molar-refractivity contribution < 1.29 is 26.7 Å². The number of carbonyl (C=O) groups is 1. The van der Waals surface area contributed by atoms with Gasteiger partial charge in [-0.2, -0.15) is 33.7 Å². The van der Waals surface area contributed by atoms with Crippen molar-refractivity contribution in [3.63, 3.8) is 0 Å². The molecule has 1 amide bonds. The van der Waals surface area contributed by atoms with Crippen LogP contribution in [0.4, 0.5) is 22.0 Å². The molecule has 0 spiro atoms. The van der Waals surface area contributed by atoms with Gasteiger partial charge in [0.25, 0.3) is 0 Å². The Morgan fingerprint density at radius 1 is 1.29 bits per heavy atom. The third-order valence-electron chi connectivity index (χ3n) is 2.32. The fourth-order valence-corrected chi connectivity index (χ4v) is 2.05. The minimum Gasteiger partial charge on any atom is -0.336 e. The first-order chi connectivity index (χ1) is 7.59. The van der Waals surface area contributed by atoms with Gasteiger partial charge in [0.1, 0.15) is 0 Å². The number of nitrogens with zero attached hydrogens (tertiary/aromatic N) is 1. The molecule has 1 unspecified atom stereocenters. The summed E-state index contributed by atoms with van der Waals surface area (Å²) in [6.07, 6.45) is -3.85. The lowest BCUT2D eigenvalue weighted by Gasteiger charge is -2.30. The number of halogens is 5. The number of thioether (sulfide) groups is 1. The first-order valence-electron chi connectivity index (χ1n) is 4.80. The molecule has 0 saturated carbocycles. The SMILES string of the molecule is CCC(CSC)N(C)C(=O)C(F)(F)C(F)(F)F. The number of hydrogen-bond acceptors (Lipinski definition) is 2. The van der Waals surface area contributed by atoms with Crippen LogP contribution in [0.2, 0.25) is 0 Å². The molecule has 0 N–H and O–H groups in total. The largest absolute Gasteiger partial charge is 0.463 e. The molecular weight excluding hydrogens is 265 g/mol. The zero-order chi connectivity index (χ0) is 13.9. The highest BCUT2D eigenvalue weighted by Gasteiger charge is 2.64. The Labute approximate surface area is 101 Å². The Bertz CT molecular complexity index is 269. The second-order valence-corrected chi connectivity index (χ2v) is 4.42. The van der Waals surface area contributed by atoms with E-state index >= 15 is 0 Å². The summed E-state index contributed by atoms with van der Waals surface area (Å²) in [6.45, 7) is 1.62. The summed E-state index contributed by atoms with van der Waals surface area (Å²) in [5.41, 5.74) is 0. The number of rotatable bonds is 5. The summed E-state index contributed by atoms with van der Waals surface area (Å²) in [7, 11) is 0.965. The Hall–Kier alpha value is -0.530. The van der Waals surface area contributed by atoms with E-state index in [-0.39, 0.29) is 0 Å². The number of amides is 1. The van der Waals surface area contributed by atoms with E-state index in [1.165, 1.54) is 11.8 Å². The lowest BCUT2D eigenvalue weighted by atomic mass is 10.2. The van der Waals surface area contributed by atoms with Crippen LogP contribution in [-0.2, 0) is 4.79 Å². The maximum Gasteiger partial charge on any atom is 0.463 e. The first kappa shape index (κ1) is 16.5. The van der Waals surface area contributed by atoms with Crippen LogP contribution >= 0.6 is 11.8 Å². The van der Waals surface area contributed by atoms with Crippen LogP contribution < -0.4 is 0 Å². The number of hydrogen-bond donors (Lipinski definition) is 0. The highest BCUT2D eigenvalue weighted by molar-refractivity contribution is 7.98. The van der Waals surface area contributed by atoms with E-state index in [2.05, 4.69) is 0 Å². The van der Waals surface area contributed by atoms with Crippen LogP contribution in [-0.4, -0.2) is 48.0 Å². The average Bonchev–Trinajstić information content (AvgIpc) is 2.22. The van der Waals surface area contributed by atoms with Crippen LogP contribution in [0.15, 0.2) is 0 Å². The maximum atomic E-state index is 12.8. The second-order valence-electron chi connectivity index (χ2n) is 3.51. The quantitative estimate of drug-likeness (QED) is 0.721. The van der Waals surface area contributed by atoms with Crippen molar-refractivity contribution in [2.45, 2.75) is 31.5 Å². The van der Waals surface area contributed by atoms with E-state index in [9.17, 15) is 26.7 Å². The number of carbonyl (C=O) groups excluding carboxylic acids is 1. The van der Waals surface area contributed by atoms with Gasteiger partial charge in [-0.05, 0) is 12.7 Å². The Morgan fingerprint density at radius 2 is 1.76 bits per heavy atom. The van der Waals surface area contributed by atoms with Gasteiger partial charge in [0.15, 0.2) is 0 Å². The molecule has 0 aromatic rings. The topological polar surface area (TPSA) is 20.3 Å². The van der Waals surface area contributed by atoms with Gasteiger partial charge >= 0.3 is 18.0 Å². The third kappa shape index (κ3) is 3.72. The first-order valence-corrected chi connectivity index (χ1v) is 6.19. The molecular formula is C9H14F5NOS. The fourth-order valence-electron chi connectivity index (χ4n) is 1.20. The average molecular weight is 279 g/mol. The van der Waals surface area contributed by atoms with E-state index in [0.717, 1.165) is 7.05 Å². The molecule has 0 bridgehead atoms. The molecule has 0 rings (SSSR count). The van der Waals surface area contributed by atoms with Crippen molar-refractivity contribution in [3.05, 3.63) is 0 Å². The van der Waals surface area contributed by atoms with Crippen molar-refractivity contribution in [3.8, 4) is 0 Å². The van der Waals surface area contributed by atoms with Gasteiger partial charge in [-0.1, -0.05) is 6.92 Å². The molecule has 1 atom stereocenters. The smallest absolute Gasteiger partial charge is 0.336 e. The van der Waals surface area contributed by atoms with Crippen LogP contribution in [0.5, 0.6) is 0 Å². The molecule has 0 heterocycles. The van der Waals surface area contributed by atoms with Crippen molar-refractivity contribution in [2.75, 3.05) is 19.1 Å². The Kier molecular flexibility index (Phi) is 5.70. The van der Waals surface area contributed by atoms with Gasteiger partial charge in [-0.15, -0.1) is 0 Å². The summed E-state index contributed by atoms with van der Waals surface area (Å²) in [6, 6.07) is -0.634. The normalized spacial score (nSPS) is 14.6. The molecule has 0 aromatic carbocycles. The van der Waals surface area contributed by atoms with Crippen LogP contribution in [0.3, 0.4) is 0 Å². The zero-order valence-electron chi connectivity index (χ0n) is 9.65. The molecule has 0 fully saturated rings. The standard InChI is InChI=1S/C9H14F5NOS/c1-4-6(5-17-3)15(2)7(16)8(10,11)9(12,13)14/h6H,4-5H2,1-3H3. The molecule has 0 radical (unpaired) electrons. The van der Waals surface area contributed by atoms with E-state index < -0.39 is 24.0 Å². The van der Waals surface area contributed by atoms with Gasteiger partial charge in [0, 0.05) is 18.8 Å². The summed E-state index contributed by atoms with van der Waals surface area (Å²) in [5.74, 6) is -7.22. The lowest BCUT2D eigenvalue weighted by molar-refractivity contribution is -0.274. The lowest BCUT2D eigenvalue weighted by Crippen LogP contribution is -2.54. The van der Waals surface area contributed by atoms with Crippen LogP contribution in [0, 0.1) is 0 Å². The second kappa shape index (κ2) is 5.88. The van der Waals surface area contributed by atoms with E-state index in [1.54, 1.807) is 13.2 Å². The number of alkyl halides is 5. The van der Waals surface area contributed by atoms with Gasteiger partial charge in [-0.25, -0.2) is 0 Å². The fraction of sp³-hybridized carbons (Fsp3) is 0.889. The van der Waals surface area contributed by atoms with Gasteiger partial charge in [0.2, 0.25) is 0 Å². The van der Waals surface area contributed by atoms with Crippen molar-refractivity contribution in [1.82, 2.24) is 4.90 Å². The van der Waals surface area contributed by atoms with Gasteiger partial charge in [-0.3, -0.25) is 4.79 Å². The molecule has 17 heavy (non-hydrogen) atoms. The third-order valence-corrected chi connectivity index (χ3v) is 3.04. The molecule has 0 aromatic heterocycles. The van der Waals surface area contributed by atoms with E-state index in [4.69, 9.17) is 0 Å². The maximum absolute atomic E-state index is 12.8. The molecule has 2 nitrogen and oxygen atoms in total. The van der Waals surface area contributed by atoms with Gasteiger partial charge < -0.3 is 4.90 Å². The predicted octanol–water partition coefficient (Wildman–Crippen LogP) is 2.78. The summed E-state index contributed by atoms with van der Waals surface area (Å²) >= 11 is 1.28. The molecule has 0 aliphatic rings. The monoisotopic (exact) mass is 279 g/mol. The van der Waals surface area contributed by atoms with Crippen molar-refractivity contribution in [2.24, 2.45) is 0 Å². The van der Waals surface area contributed by atoms with Crippen molar-refractivity contribution >= 4 is 17.7 Å². The molecule has 0 saturated heterocycles. The van der Waals surface area contributed by atoms with Gasteiger partial charge in [0.05, 0.1) is 0 Å². The Morgan fingerprint density at radius 3 is 2.06 bits per heavy atom. The van der Waals surface area contributed by atoms with E-state index in [0.29, 0.717) is 17.1 Å². The summed E-state index contributed by atoms with van der Waals surface area (Å²) in [4.78, 5) is 11.6. The summed E-state index contributed by atoms with van der Waals surface area (Å²) < 4.78 is 61.6. The molecule has 8 heteroatoms. The molecule has 0 aliphatic carbocycles. The van der Waals surface area contributed by atoms with Crippen LogP contribution in [0.25, 0.3) is 0 Å². The van der Waals surface area contributed by atoms with Crippen LogP contribution in [0.1, 0.15) is 13.3 Å². The Balaban J connectivity index is 4.92. The minimum atomic E-state index is -5.85. The minimum absolute atomic E-state index is 0.312. The molecule has 0 aliphatic heterocycles. The summed E-state index contributed by atoms with van der Waals surface area (Å²) in [5, 5.41) is 0. The van der Waals surface area contributed by atoms with Crippen molar-refractivity contribution in [1.29, 1.82) is 0 Å². The highest BCUT2D eigenvalue weighted by atomic mass is 32.2. The van der Waals surface area contributed by atoms with E-state index in [1.807, 2.05) is 0 Å².